The van der Waals surface area contributed by atoms with Gasteiger partial charge in [0.25, 0.3) is 0 Å². The molecule has 0 radical (unpaired) electrons. The Morgan fingerprint density at radius 3 is 2.73 bits per heavy atom. The summed E-state index contributed by atoms with van der Waals surface area (Å²) in [6.45, 7) is 5.04. The summed E-state index contributed by atoms with van der Waals surface area (Å²) < 4.78 is 5.21. The predicted octanol–water partition coefficient (Wildman–Crippen LogP) is 0.267. The maximum atomic E-state index is 11.8. The number of nitrogens with zero attached hydrogens (tertiary/aromatic N) is 1. The van der Waals surface area contributed by atoms with Crippen LogP contribution >= 0.6 is 12.4 Å². The molecule has 0 spiro atoms. The lowest BCUT2D eigenvalue weighted by molar-refractivity contribution is -0.136. The van der Waals surface area contributed by atoms with E-state index in [9.17, 15) is 4.79 Å². The molecule has 1 amide bonds. The van der Waals surface area contributed by atoms with Crippen molar-refractivity contribution in [3.05, 3.63) is 0 Å². The number of halogens is 1. The molecule has 2 aliphatic heterocycles. The van der Waals surface area contributed by atoms with Crippen molar-refractivity contribution in [2.24, 2.45) is 5.92 Å². The third-order valence-corrected chi connectivity index (χ3v) is 2.99. The van der Waals surface area contributed by atoms with Crippen LogP contribution in [-0.2, 0) is 9.53 Å². The van der Waals surface area contributed by atoms with Gasteiger partial charge in [-0.05, 0) is 25.4 Å². The standard InChI is InChI=1S/C10H18N2O2.ClH/c13-10(7-9-1-2-11-8-9)12-3-5-14-6-4-12;/h9,11H,1-8H2;1H/t9-;/m0./s1. The highest BCUT2D eigenvalue weighted by molar-refractivity contribution is 5.85. The van der Waals surface area contributed by atoms with Crippen molar-refractivity contribution in [3.8, 4) is 0 Å². The third-order valence-electron chi connectivity index (χ3n) is 2.99. The van der Waals surface area contributed by atoms with Crippen LogP contribution in [-0.4, -0.2) is 50.2 Å². The molecule has 0 aromatic carbocycles. The third kappa shape index (κ3) is 3.63. The van der Waals surface area contributed by atoms with Gasteiger partial charge in [0.05, 0.1) is 13.2 Å². The second-order valence-electron chi connectivity index (χ2n) is 4.06. The molecule has 2 saturated heterocycles. The second kappa shape index (κ2) is 6.30. The summed E-state index contributed by atoms with van der Waals surface area (Å²) in [6, 6.07) is 0. The van der Waals surface area contributed by atoms with E-state index in [2.05, 4.69) is 5.32 Å². The quantitative estimate of drug-likeness (QED) is 0.746. The van der Waals surface area contributed by atoms with Crippen molar-refractivity contribution in [3.63, 3.8) is 0 Å². The predicted molar refractivity (Wildman–Crippen MR) is 60.2 cm³/mol. The molecule has 2 aliphatic rings. The Labute approximate surface area is 96.7 Å². The van der Waals surface area contributed by atoms with Crippen LogP contribution in [0.2, 0.25) is 0 Å². The maximum absolute atomic E-state index is 11.8. The SMILES string of the molecule is Cl.O=C(C[C@@H]1CCNC1)N1CCOCC1. The van der Waals surface area contributed by atoms with Gasteiger partial charge in [0.2, 0.25) is 5.91 Å². The second-order valence-corrected chi connectivity index (χ2v) is 4.06. The summed E-state index contributed by atoms with van der Waals surface area (Å²) >= 11 is 0. The van der Waals surface area contributed by atoms with Gasteiger partial charge in [-0.3, -0.25) is 4.79 Å². The number of amides is 1. The van der Waals surface area contributed by atoms with Gasteiger partial charge in [-0.25, -0.2) is 0 Å². The zero-order chi connectivity index (χ0) is 9.80. The fourth-order valence-electron chi connectivity index (χ4n) is 2.08. The zero-order valence-corrected chi connectivity index (χ0v) is 9.72. The monoisotopic (exact) mass is 234 g/mol. The molecule has 0 aromatic rings. The minimum Gasteiger partial charge on any atom is -0.378 e. The number of ether oxygens (including phenoxy) is 1. The van der Waals surface area contributed by atoms with Gasteiger partial charge >= 0.3 is 0 Å². The first-order valence-electron chi connectivity index (χ1n) is 5.42. The average molecular weight is 235 g/mol. The first-order chi connectivity index (χ1) is 6.86. The highest BCUT2D eigenvalue weighted by Gasteiger charge is 2.22. The van der Waals surface area contributed by atoms with Gasteiger partial charge in [0, 0.05) is 19.5 Å². The summed E-state index contributed by atoms with van der Waals surface area (Å²) in [7, 11) is 0. The van der Waals surface area contributed by atoms with E-state index in [1.165, 1.54) is 0 Å². The molecular formula is C10H19ClN2O2. The molecule has 0 saturated carbocycles. The van der Waals surface area contributed by atoms with Crippen LogP contribution in [0.4, 0.5) is 0 Å². The van der Waals surface area contributed by atoms with Crippen molar-refractivity contribution in [2.75, 3.05) is 39.4 Å². The van der Waals surface area contributed by atoms with Crippen LogP contribution in [0.3, 0.4) is 0 Å². The first-order valence-corrected chi connectivity index (χ1v) is 5.42. The van der Waals surface area contributed by atoms with Crippen LogP contribution < -0.4 is 5.32 Å². The number of morpholine rings is 1. The van der Waals surface area contributed by atoms with E-state index in [4.69, 9.17) is 4.74 Å². The summed E-state index contributed by atoms with van der Waals surface area (Å²) in [4.78, 5) is 13.7. The van der Waals surface area contributed by atoms with E-state index in [1.54, 1.807) is 0 Å². The van der Waals surface area contributed by atoms with E-state index >= 15 is 0 Å². The van der Waals surface area contributed by atoms with E-state index < -0.39 is 0 Å². The minimum absolute atomic E-state index is 0. The smallest absolute Gasteiger partial charge is 0.223 e. The Hall–Kier alpha value is -0.320. The average Bonchev–Trinajstić information content (AvgIpc) is 2.72. The molecule has 1 atom stereocenters. The topological polar surface area (TPSA) is 41.6 Å². The Kier molecular flexibility index (Phi) is 5.36. The highest BCUT2D eigenvalue weighted by Crippen LogP contribution is 2.14. The highest BCUT2D eigenvalue weighted by atomic mass is 35.5. The lowest BCUT2D eigenvalue weighted by Gasteiger charge is -2.27. The van der Waals surface area contributed by atoms with Crippen molar-refractivity contribution in [1.29, 1.82) is 0 Å². The number of hydrogen-bond donors (Lipinski definition) is 1. The van der Waals surface area contributed by atoms with Crippen LogP contribution in [0.1, 0.15) is 12.8 Å². The Bertz CT molecular complexity index is 202. The van der Waals surface area contributed by atoms with Crippen molar-refractivity contribution in [2.45, 2.75) is 12.8 Å². The molecule has 88 valence electrons. The van der Waals surface area contributed by atoms with Gasteiger partial charge in [-0.15, -0.1) is 12.4 Å². The molecular weight excluding hydrogens is 216 g/mol. The summed E-state index contributed by atoms with van der Waals surface area (Å²) in [5.41, 5.74) is 0. The lowest BCUT2D eigenvalue weighted by Crippen LogP contribution is -2.41. The normalized spacial score (nSPS) is 26.1. The number of carbonyl (C=O) groups is 1. The molecule has 2 heterocycles. The van der Waals surface area contributed by atoms with Gasteiger partial charge in [0.15, 0.2) is 0 Å². The molecule has 2 rings (SSSR count). The molecule has 1 N–H and O–H groups in total. The van der Waals surface area contributed by atoms with E-state index in [0.717, 1.165) is 32.6 Å². The number of hydrogen-bond acceptors (Lipinski definition) is 3. The molecule has 5 heteroatoms. The van der Waals surface area contributed by atoms with E-state index in [1.807, 2.05) is 4.90 Å². The number of nitrogens with one attached hydrogen (secondary N) is 1. The van der Waals surface area contributed by atoms with Gasteiger partial charge < -0.3 is 15.0 Å². The maximum Gasteiger partial charge on any atom is 0.223 e. The molecule has 15 heavy (non-hydrogen) atoms. The molecule has 2 fully saturated rings. The zero-order valence-electron chi connectivity index (χ0n) is 8.91. The number of rotatable bonds is 2. The Morgan fingerprint density at radius 2 is 2.13 bits per heavy atom. The summed E-state index contributed by atoms with van der Waals surface area (Å²) in [6.07, 6.45) is 1.86. The summed E-state index contributed by atoms with van der Waals surface area (Å²) in [5, 5.41) is 3.29. The van der Waals surface area contributed by atoms with Crippen LogP contribution in [0.5, 0.6) is 0 Å². The van der Waals surface area contributed by atoms with Crippen LogP contribution in [0.15, 0.2) is 0 Å². The van der Waals surface area contributed by atoms with Gasteiger partial charge in [-0.1, -0.05) is 0 Å². The fourth-order valence-corrected chi connectivity index (χ4v) is 2.08. The van der Waals surface area contributed by atoms with Crippen LogP contribution in [0, 0.1) is 5.92 Å². The Morgan fingerprint density at radius 1 is 1.40 bits per heavy atom. The minimum atomic E-state index is 0. The van der Waals surface area contributed by atoms with Crippen molar-refractivity contribution in [1.82, 2.24) is 10.2 Å². The summed E-state index contributed by atoms with van der Waals surface area (Å²) in [5.74, 6) is 0.868. The van der Waals surface area contributed by atoms with Crippen LogP contribution in [0.25, 0.3) is 0 Å². The van der Waals surface area contributed by atoms with Gasteiger partial charge in [0.1, 0.15) is 0 Å². The Balaban J connectivity index is 0.00000112. The molecule has 0 unspecified atom stereocenters. The lowest BCUT2D eigenvalue weighted by atomic mass is 10.0. The number of carbonyl (C=O) groups excluding carboxylic acids is 1. The largest absolute Gasteiger partial charge is 0.378 e. The van der Waals surface area contributed by atoms with E-state index in [-0.39, 0.29) is 12.4 Å². The van der Waals surface area contributed by atoms with Crippen molar-refractivity contribution < 1.29 is 9.53 Å². The molecule has 0 aromatic heterocycles. The first kappa shape index (κ1) is 12.7. The molecule has 0 aliphatic carbocycles. The molecule has 0 bridgehead atoms. The molecule has 4 nitrogen and oxygen atoms in total. The fraction of sp³-hybridized carbons (Fsp3) is 0.900. The van der Waals surface area contributed by atoms with Crippen molar-refractivity contribution >= 4 is 18.3 Å². The van der Waals surface area contributed by atoms with E-state index in [0.29, 0.717) is 31.5 Å². The van der Waals surface area contributed by atoms with Gasteiger partial charge in [-0.2, -0.15) is 0 Å².